The normalized spacial score (nSPS) is 15.4. The van der Waals surface area contributed by atoms with Gasteiger partial charge < -0.3 is 5.32 Å². The second-order valence-corrected chi connectivity index (χ2v) is 3.53. The fourth-order valence-corrected chi connectivity index (χ4v) is 1.28. The van der Waals surface area contributed by atoms with Crippen LogP contribution >= 0.6 is 0 Å². The van der Waals surface area contributed by atoms with Crippen molar-refractivity contribution in [1.82, 2.24) is 4.98 Å². The molecule has 0 amide bonds. The van der Waals surface area contributed by atoms with E-state index in [2.05, 4.69) is 36.3 Å². The van der Waals surface area contributed by atoms with E-state index < -0.39 is 0 Å². The Bertz CT molecular complexity index is 280. The molecule has 2 heteroatoms. The highest BCUT2D eigenvalue weighted by molar-refractivity contribution is 5.34. The maximum Gasteiger partial charge on any atom is 0.126 e. The van der Waals surface area contributed by atoms with E-state index >= 15 is 0 Å². The van der Waals surface area contributed by atoms with E-state index in [-0.39, 0.29) is 0 Å². The minimum absolute atomic E-state index is 0.404. The maximum absolute atomic E-state index is 4.23. The Balaban J connectivity index is 2.52. The first-order chi connectivity index (χ1) is 6.74. The van der Waals surface area contributed by atoms with E-state index in [4.69, 9.17) is 0 Å². The van der Waals surface area contributed by atoms with Crippen molar-refractivity contribution in [2.24, 2.45) is 5.92 Å². The maximum atomic E-state index is 4.23. The van der Waals surface area contributed by atoms with Gasteiger partial charge in [0.05, 0.1) is 0 Å². The van der Waals surface area contributed by atoms with Gasteiger partial charge in [0, 0.05) is 12.2 Å². The number of hydrogen-bond donors (Lipinski definition) is 1. The van der Waals surface area contributed by atoms with Crippen LogP contribution in [0, 0.1) is 5.92 Å². The first-order valence-electron chi connectivity index (χ1n) is 5.04. The summed E-state index contributed by atoms with van der Waals surface area (Å²) in [4.78, 5) is 4.23. The Hall–Kier alpha value is -1.31. The van der Waals surface area contributed by atoms with Gasteiger partial charge in [0.2, 0.25) is 0 Å². The average molecular weight is 190 g/mol. The highest BCUT2D eigenvalue weighted by atomic mass is 15.0. The van der Waals surface area contributed by atoms with E-state index in [1.165, 1.54) is 0 Å². The topological polar surface area (TPSA) is 24.9 Å². The lowest BCUT2D eigenvalue weighted by Gasteiger charge is -2.18. The van der Waals surface area contributed by atoms with Crippen LogP contribution in [0.5, 0.6) is 0 Å². The number of allylic oxidation sites excluding steroid dienone is 1. The van der Waals surface area contributed by atoms with Crippen molar-refractivity contribution in [3.8, 4) is 0 Å². The van der Waals surface area contributed by atoms with E-state index in [1.807, 2.05) is 25.1 Å². The molecule has 0 bridgehead atoms. The van der Waals surface area contributed by atoms with Gasteiger partial charge in [0.15, 0.2) is 0 Å². The van der Waals surface area contributed by atoms with Crippen molar-refractivity contribution in [3.63, 3.8) is 0 Å². The summed E-state index contributed by atoms with van der Waals surface area (Å²) in [6, 6.07) is 6.30. The summed E-state index contributed by atoms with van der Waals surface area (Å²) in [5.74, 6) is 1.46. The van der Waals surface area contributed by atoms with Gasteiger partial charge in [-0.2, -0.15) is 0 Å². The van der Waals surface area contributed by atoms with E-state index in [1.54, 1.807) is 6.20 Å². The monoisotopic (exact) mass is 190 g/mol. The third-order valence-corrected chi connectivity index (χ3v) is 2.33. The standard InChI is InChI=1S/C12H18N2/c1-4-7-10(2)11(3)14-12-8-5-6-9-13-12/h4-11H,1-3H3,(H,13,14)/b7-4-/t10?,11-/m1/s1. The van der Waals surface area contributed by atoms with Crippen molar-refractivity contribution in [3.05, 3.63) is 36.5 Å². The molecule has 14 heavy (non-hydrogen) atoms. The van der Waals surface area contributed by atoms with Gasteiger partial charge in [-0.1, -0.05) is 25.1 Å². The molecule has 1 aromatic rings. The summed E-state index contributed by atoms with van der Waals surface area (Å²) in [5.41, 5.74) is 0. The molecule has 0 aliphatic heterocycles. The van der Waals surface area contributed by atoms with Crippen molar-refractivity contribution < 1.29 is 0 Å². The number of nitrogens with one attached hydrogen (secondary N) is 1. The Kier molecular flexibility index (Phi) is 4.17. The van der Waals surface area contributed by atoms with E-state index in [9.17, 15) is 0 Å². The highest BCUT2D eigenvalue weighted by Crippen LogP contribution is 2.10. The molecule has 1 unspecified atom stereocenters. The lowest BCUT2D eigenvalue weighted by Crippen LogP contribution is -2.22. The summed E-state index contributed by atoms with van der Waals surface area (Å²) in [6.07, 6.45) is 6.08. The third kappa shape index (κ3) is 3.21. The molecule has 1 rings (SSSR count). The van der Waals surface area contributed by atoms with Crippen LogP contribution in [-0.2, 0) is 0 Å². The van der Waals surface area contributed by atoms with Crippen LogP contribution in [0.25, 0.3) is 0 Å². The molecule has 76 valence electrons. The fraction of sp³-hybridized carbons (Fsp3) is 0.417. The quantitative estimate of drug-likeness (QED) is 0.738. The minimum Gasteiger partial charge on any atom is -0.367 e. The largest absolute Gasteiger partial charge is 0.367 e. The smallest absolute Gasteiger partial charge is 0.126 e. The Morgan fingerprint density at radius 3 is 2.71 bits per heavy atom. The van der Waals surface area contributed by atoms with Crippen LogP contribution in [0.1, 0.15) is 20.8 Å². The first kappa shape index (κ1) is 10.8. The molecule has 1 aromatic heterocycles. The molecular formula is C12H18N2. The number of anilines is 1. The Labute approximate surface area is 86.1 Å². The van der Waals surface area contributed by atoms with Crippen LogP contribution in [-0.4, -0.2) is 11.0 Å². The number of rotatable bonds is 4. The number of nitrogens with zero attached hydrogens (tertiary/aromatic N) is 1. The molecule has 0 aliphatic rings. The summed E-state index contributed by atoms with van der Waals surface area (Å²) in [7, 11) is 0. The van der Waals surface area contributed by atoms with Gasteiger partial charge in [0.1, 0.15) is 5.82 Å². The van der Waals surface area contributed by atoms with Crippen LogP contribution in [0.4, 0.5) is 5.82 Å². The molecule has 0 fully saturated rings. The molecular weight excluding hydrogens is 172 g/mol. The SMILES string of the molecule is C/C=C\C(C)[C@@H](C)Nc1ccccn1. The van der Waals surface area contributed by atoms with E-state index in [0.29, 0.717) is 12.0 Å². The molecule has 0 saturated heterocycles. The molecule has 1 heterocycles. The zero-order valence-corrected chi connectivity index (χ0v) is 9.07. The summed E-state index contributed by atoms with van der Waals surface area (Å²) in [6.45, 7) is 6.41. The van der Waals surface area contributed by atoms with Crippen molar-refractivity contribution >= 4 is 5.82 Å². The first-order valence-corrected chi connectivity index (χ1v) is 5.04. The predicted molar refractivity (Wildman–Crippen MR) is 61.3 cm³/mol. The zero-order chi connectivity index (χ0) is 10.4. The van der Waals surface area contributed by atoms with Crippen LogP contribution in [0.2, 0.25) is 0 Å². The summed E-state index contributed by atoms with van der Waals surface area (Å²) >= 11 is 0. The average Bonchev–Trinajstić information content (AvgIpc) is 2.19. The lowest BCUT2D eigenvalue weighted by atomic mass is 10.0. The molecule has 0 radical (unpaired) electrons. The van der Waals surface area contributed by atoms with Crippen LogP contribution < -0.4 is 5.32 Å². The molecule has 0 aliphatic carbocycles. The molecule has 2 atom stereocenters. The molecule has 0 aromatic carbocycles. The van der Waals surface area contributed by atoms with Crippen LogP contribution in [0.15, 0.2) is 36.5 Å². The van der Waals surface area contributed by atoms with E-state index in [0.717, 1.165) is 5.82 Å². The van der Waals surface area contributed by atoms with Crippen molar-refractivity contribution in [1.29, 1.82) is 0 Å². The fourth-order valence-electron chi connectivity index (χ4n) is 1.28. The van der Waals surface area contributed by atoms with Gasteiger partial charge in [-0.05, 0) is 31.9 Å². The second kappa shape index (κ2) is 5.43. The second-order valence-electron chi connectivity index (χ2n) is 3.53. The lowest BCUT2D eigenvalue weighted by molar-refractivity contribution is 0.615. The van der Waals surface area contributed by atoms with Crippen LogP contribution in [0.3, 0.4) is 0 Å². The third-order valence-electron chi connectivity index (χ3n) is 2.33. The van der Waals surface area contributed by atoms with Gasteiger partial charge in [-0.3, -0.25) is 0 Å². The van der Waals surface area contributed by atoms with Gasteiger partial charge in [0.25, 0.3) is 0 Å². The van der Waals surface area contributed by atoms with Crippen molar-refractivity contribution in [2.75, 3.05) is 5.32 Å². The summed E-state index contributed by atoms with van der Waals surface area (Å²) < 4.78 is 0. The minimum atomic E-state index is 0.404. The molecule has 0 spiro atoms. The molecule has 0 saturated carbocycles. The number of aromatic nitrogens is 1. The zero-order valence-electron chi connectivity index (χ0n) is 9.07. The van der Waals surface area contributed by atoms with Gasteiger partial charge in [-0.25, -0.2) is 4.98 Å². The Morgan fingerprint density at radius 2 is 2.14 bits per heavy atom. The molecule has 2 nitrogen and oxygen atoms in total. The molecule has 1 N–H and O–H groups in total. The Morgan fingerprint density at radius 1 is 1.36 bits per heavy atom. The number of pyridine rings is 1. The predicted octanol–water partition coefficient (Wildman–Crippen LogP) is 3.09. The highest BCUT2D eigenvalue weighted by Gasteiger charge is 2.08. The number of hydrogen-bond acceptors (Lipinski definition) is 2. The van der Waals surface area contributed by atoms with Gasteiger partial charge in [-0.15, -0.1) is 0 Å². The van der Waals surface area contributed by atoms with Crippen molar-refractivity contribution in [2.45, 2.75) is 26.8 Å². The van der Waals surface area contributed by atoms with Gasteiger partial charge >= 0.3 is 0 Å². The summed E-state index contributed by atoms with van der Waals surface area (Å²) in [5, 5.41) is 3.36.